The van der Waals surface area contributed by atoms with Gasteiger partial charge in [-0.1, -0.05) is 30.3 Å². The molecule has 0 fully saturated rings. The van der Waals surface area contributed by atoms with E-state index in [9.17, 15) is 13.2 Å². The number of aliphatic hydroxyl groups is 1. The lowest BCUT2D eigenvalue weighted by Gasteiger charge is -2.09. The number of aliphatic carboxylic acids is 1. The highest BCUT2D eigenvalue weighted by Crippen LogP contribution is 2.18. The minimum Gasteiger partial charge on any atom is -0.479 e. The first-order chi connectivity index (χ1) is 9.40. The molecule has 0 radical (unpaired) electrons. The summed E-state index contributed by atoms with van der Waals surface area (Å²) in [6, 6.07) is 11.9. The first-order valence-electron chi connectivity index (χ1n) is 5.79. The number of sulfonamides is 1. The Bertz CT molecular complexity index is 741. The highest BCUT2D eigenvalue weighted by molar-refractivity contribution is 7.89. The number of rotatable bonds is 5. The number of benzene rings is 2. The van der Waals surface area contributed by atoms with Crippen molar-refractivity contribution >= 4 is 26.8 Å². The molecule has 0 bridgehead atoms. The monoisotopic (exact) mass is 295 g/mol. The van der Waals surface area contributed by atoms with Crippen LogP contribution in [0, 0.1) is 0 Å². The molecule has 7 heteroatoms. The summed E-state index contributed by atoms with van der Waals surface area (Å²) in [4.78, 5) is 10.5. The number of carboxylic acid groups (broad SMARTS) is 1. The number of hydrogen-bond donors (Lipinski definition) is 3. The van der Waals surface area contributed by atoms with Crippen LogP contribution in [0.15, 0.2) is 47.4 Å². The van der Waals surface area contributed by atoms with Crippen molar-refractivity contribution < 1.29 is 23.4 Å². The van der Waals surface area contributed by atoms with Crippen molar-refractivity contribution in [2.45, 2.75) is 11.0 Å². The predicted octanol–water partition coefficient (Wildman–Crippen LogP) is 0.564. The predicted molar refractivity (Wildman–Crippen MR) is 72.8 cm³/mol. The summed E-state index contributed by atoms with van der Waals surface area (Å²) in [5, 5.41) is 19.2. The van der Waals surface area contributed by atoms with Crippen LogP contribution in [0.1, 0.15) is 0 Å². The third-order valence-electron chi connectivity index (χ3n) is 2.78. The molecule has 20 heavy (non-hydrogen) atoms. The second-order valence-electron chi connectivity index (χ2n) is 4.21. The Labute approximate surface area is 115 Å². The third kappa shape index (κ3) is 3.13. The summed E-state index contributed by atoms with van der Waals surface area (Å²) < 4.78 is 26.0. The summed E-state index contributed by atoms with van der Waals surface area (Å²) in [7, 11) is -3.85. The van der Waals surface area contributed by atoms with Crippen LogP contribution in [0.5, 0.6) is 0 Å². The number of fused-ring (bicyclic) bond motifs is 1. The van der Waals surface area contributed by atoms with Crippen LogP contribution in [0.25, 0.3) is 10.8 Å². The van der Waals surface area contributed by atoms with E-state index >= 15 is 0 Å². The van der Waals surface area contributed by atoms with Crippen LogP contribution in [0.4, 0.5) is 0 Å². The highest BCUT2D eigenvalue weighted by Gasteiger charge is 2.19. The Hall–Kier alpha value is -1.96. The Morgan fingerprint density at radius 1 is 1.15 bits per heavy atom. The Kier molecular flexibility index (Phi) is 4.03. The maximum absolute atomic E-state index is 12.0. The first kappa shape index (κ1) is 14.4. The molecule has 0 aliphatic rings. The molecule has 1 atom stereocenters. The van der Waals surface area contributed by atoms with Crippen LogP contribution in [0.3, 0.4) is 0 Å². The van der Waals surface area contributed by atoms with E-state index in [1.165, 1.54) is 12.1 Å². The van der Waals surface area contributed by atoms with Crippen molar-refractivity contribution in [3.8, 4) is 0 Å². The maximum Gasteiger partial charge on any atom is 0.333 e. The van der Waals surface area contributed by atoms with E-state index in [0.29, 0.717) is 0 Å². The zero-order valence-corrected chi connectivity index (χ0v) is 11.2. The van der Waals surface area contributed by atoms with E-state index in [2.05, 4.69) is 4.72 Å². The second-order valence-corrected chi connectivity index (χ2v) is 5.98. The fourth-order valence-electron chi connectivity index (χ4n) is 1.69. The van der Waals surface area contributed by atoms with E-state index in [-0.39, 0.29) is 4.90 Å². The zero-order valence-electron chi connectivity index (χ0n) is 10.4. The molecule has 2 rings (SSSR count). The molecule has 0 spiro atoms. The van der Waals surface area contributed by atoms with Crippen molar-refractivity contribution in [1.82, 2.24) is 4.72 Å². The average Bonchev–Trinajstić information content (AvgIpc) is 2.44. The zero-order chi connectivity index (χ0) is 14.8. The van der Waals surface area contributed by atoms with Gasteiger partial charge in [-0.15, -0.1) is 0 Å². The van der Waals surface area contributed by atoms with Gasteiger partial charge < -0.3 is 10.2 Å². The van der Waals surface area contributed by atoms with Gasteiger partial charge in [0.2, 0.25) is 10.0 Å². The van der Waals surface area contributed by atoms with Crippen LogP contribution in [-0.4, -0.2) is 37.2 Å². The van der Waals surface area contributed by atoms with Crippen molar-refractivity contribution in [1.29, 1.82) is 0 Å². The number of aliphatic hydroxyl groups excluding tert-OH is 1. The van der Waals surface area contributed by atoms with Gasteiger partial charge in [0.1, 0.15) is 0 Å². The van der Waals surface area contributed by atoms with Crippen LogP contribution in [0.2, 0.25) is 0 Å². The molecule has 2 aromatic rings. The number of hydrogen-bond acceptors (Lipinski definition) is 4. The summed E-state index contributed by atoms with van der Waals surface area (Å²) in [6.07, 6.45) is -1.77. The topological polar surface area (TPSA) is 104 Å². The molecule has 1 unspecified atom stereocenters. The van der Waals surface area contributed by atoms with Crippen molar-refractivity contribution in [2.75, 3.05) is 6.54 Å². The van der Waals surface area contributed by atoms with Gasteiger partial charge in [0.15, 0.2) is 6.10 Å². The van der Waals surface area contributed by atoms with Gasteiger partial charge in [-0.3, -0.25) is 0 Å². The molecule has 3 N–H and O–H groups in total. The van der Waals surface area contributed by atoms with Gasteiger partial charge in [0.25, 0.3) is 0 Å². The number of nitrogens with one attached hydrogen (secondary N) is 1. The normalized spacial score (nSPS) is 13.2. The summed E-state index contributed by atoms with van der Waals surface area (Å²) >= 11 is 0. The molecule has 6 nitrogen and oxygen atoms in total. The molecule has 0 heterocycles. The Morgan fingerprint density at radius 3 is 2.45 bits per heavy atom. The minimum absolute atomic E-state index is 0.0220. The van der Waals surface area contributed by atoms with E-state index in [1.54, 1.807) is 18.2 Å². The van der Waals surface area contributed by atoms with Gasteiger partial charge in [0, 0.05) is 6.54 Å². The lowest BCUT2D eigenvalue weighted by Crippen LogP contribution is -2.36. The first-order valence-corrected chi connectivity index (χ1v) is 7.28. The van der Waals surface area contributed by atoms with E-state index in [0.717, 1.165) is 10.8 Å². The quantitative estimate of drug-likeness (QED) is 0.748. The lowest BCUT2D eigenvalue weighted by atomic mass is 10.1. The van der Waals surface area contributed by atoms with Crippen LogP contribution < -0.4 is 4.72 Å². The second kappa shape index (κ2) is 5.58. The minimum atomic E-state index is -3.85. The fourth-order valence-corrected chi connectivity index (χ4v) is 2.77. The van der Waals surface area contributed by atoms with Crippen molar-refractivity contribution in [2.24, 2.45) is 0 Å². The Morgan fingerprint density at radius 2 is 1.80 bits per heavy atom. The van der Waals surface area contributed by atoms with E-state index in [1.807, 2.05) is 12.1 Å². The molecule has 106 valence electrons. The molecule has 0 aliphatic heterocycles. The molecule has 0 saturated carbocycles. The van der Waals surface area contributed by atoms with Gasteiger partial charge in [-0.05, 0) is 22.9 Å². The third-order valence-corrected chi connectivity index (χ3v) is 4.20. The number of carbonyl (C=O) groups is 1. The highest BCUT2D eigenvalue weighted by atomic mass is 32.2. The van der Waals surface area contributed by atoms with Crippen LogP contribution >= 0.6 is 0 Å². The SMILES string of the molecule is O=C(O)C(O)CNS(=O)(=O)c1ccc2ccccc2c1. The van der Waals surface area contributed by atoms with Gasteiger partial charge in [-0.25, -0.2) is 17.9 Å². The largest absolute Gasteiger partial charge is 0.479 e. The fraction of sp³-hybridized carbons (Fsp3) is 0.154. The molecular formula is C13H13NO5S. The molecule has 0 aromatic heterocycles. The lowest BCUT2D eigenvalue weighted by molar-refractivity contribution is -0.146. The van der Waals surface area contributed by atoms with Crippen molar-refractivity contribution in [3.63, 3.8) is 0 Å². The molecule has 0 amide bonds. The van der Waals surface area contributed by atoms with E-state index < -0.39 is 28.6 Å². The van der Waals surface area contributed by atoms with Gasteiger partial charge >= 0.3 is 5.97 Å². The van der Waals surface area contributed by atoms with Crippen molar-refractivity contribution in [3.05, 3.63) is 42.5 Å². The smallest absolute Gasteiger partial charge is 0.333 e. The standard InChI is InChI=1S/C13H13NO5S/c15-12(13(16)17)8-14-20(18,19)11-6-5-9-3-1-2-4-10(9)7-11/h1-7,12,14-15H,8H2,(H,16,17). The maximum atomic E-state index is 12.0. The molecule has 0 aliphatic carbocycles. The molecule has 0 saturated heterocycles. The summed E-state index contributed by atoms with van der Waals surface area (Å²) in [5.41, 5.74) is 0. The average molecular weight is 295 g/mol. The summed E-state index contributed by atoms with van der Waals surface area (Å²) in [6.45, 7) is -0.579. The summed E-state index contributed by atoms with van der Waals surface area (Å²) in [5.74, 6) is -1.48. The molecule has 2 aromatic carbocycles. The van der Waals surface area contributed by atoms with Gasteiger partial charge in [0.05, 0.1) is 4.90 Å². The van der Waals surface area contributed by atoms with Gasteiger partial charge in [-0.2, -0.15) is 0 Å². The Balaban J connectivity index is 2.25. The molecular weight excluding hydrogens is 282 g/mol. The van der Waals surface area contributed by atoms with E-state index in [4.69, 9.17) is 10.2 Å². The number of carboxylic acids is 1. The van der Waals surface area contributed by atoms with Crippen LogP contribution in [-0.2, 0) is 14.8 Å².